The lowest BCUT2D eigenvalue weighted by Crippen LogP contribution is -2.21. The number of aromatic amines is 1. The molecule has 1 aliphatic rings. The number of fused-ring (bicyclic) bond motifs is 1. The van der Waals surface area contributed by atoms with Crippen LogP contribution in [0.3, 0.4) is 0 Å². The van der Waals surface area contributed by atoms with Crippen LogP contribution in [0.2, 0.25) is 0 Å². The zero-order valence-electron chi connectivity index (χ0n) is 18.2. The van der Waals surface area contributed by atoms with Crippen LogP contribution in [0, 0.1) is 11.4 Å². The van der Waals surface area contributed by atoms with Crippen molar-refractivity contribution in [2.24, 2.45) is 5.41 Å². The van der Waals surface area contributed by atoms with Crippen molar-refractivity contribution in [1.29, 1.82) is 0 Å². The zero-order chi connectivity index (χ0) is 22.1. The first kappa shape index (κ1) is 20.3. The van der Waals surface area contributed by atoms with Crippen LogP contribution in [0.25, 0.3) is 22.5 Å². The highest BCUT2D eigenvalue weighted by Crippen LogP contribution is 2.38. The average Bonchev–Trinajstić information content (AvgIpc) is 3.20. The number of rotatable bonds is 5. The van der Waals surface area contributed by atoms with Crippen LogP contribution in [0.5, 0.6) is 0 Å². The summed E-state index contributed by atoms with van der Waals surface area (Å²) in [7, 11) is 0. The smallest absolute Gasteiger partial charge is 0.222 e. The Hall–Kier alpha value is -3.61. The van der Waals surface area contributed by atoms with Crippen molar-refractivity contribution in [2.45, 2.75) is 39.7 Å². The number of anilines is 1. The van der Waals surface area contributed by atoms with Gasteiger partial charge in [-0.3, -0.25) is 10.1 Å². The fraction of sp³-hybridized carbons (Fsp3) is 0.280. The Morgan fingerprint density at radius 1 is 1.16 bits per heavy atom. The molecule has 0 bridgehead atoms. The molecule has 4 heterocycles. The number of pyridine rings is 3. The summed E-state index contributed by atoms with van der Waals surface area (Å²) < 4.78 is 14.5. The lowest BCUT2D eigenvalue weighted by Gasteiger charge is -2.29. The number of hydrogen-bond acceptors (Lipinski definition) is 5. The standard InChI is InChI=1S/C25H25FN6/c1-25(2)8-7-18-21(13-25)31-32-23(18)17-11-20(19-6-4-10-28-24(19)26)30-22(12-17)29-15-16-5-3-9-27-14-16/h3-6,9-12,14H,7-8,13,15H2,1-2H3,(H,29,30)(H,31,32). The third-order valence-electron chi connectivity index (χ3n) is 5.99. The normalized spacial score (nSPS) is 14.7. The monoisotopic (exact) mass is 428 g/mol. The molecule has 0 aliphatic heterocycles. The maximum absolute atomic E-state index is 14.5. The summed E-state index contributed by atoms with van der Waals surface area (Å²) in [6.45, 7) is 5.13. The molecule has 0 amide bonds. The molecule has 5 rings (SSSR count). The summed E-state index contributed by atoms with van der Waals surface area (Å²) in [6, 6.07) is 11.2. The van der Waals surface area contributed by atoms with Gasteiger partial charge in [-0.1, -0.05) is 19.9 Å². The number of nitrogens with zero attached hydrogens (tertiary/aromatic N) is 4. The second-order valence-electron chi connectivity index (χ2n) is 9.05. The highest BCUT2D eigenvalue weighted by Gasteiger charge is 2.29. The molecular weight excluding hydrogens is 403 g/mol. The van der Waals surface area contributed by atoms with E-state index in [9.17, 15) is 4.39 Å². The summed E-state index contributed by atoms with van der Waals surface area (Å²) in [5.74, 6) is 0.110. The Morgan fingerprint density at radius 3 is 2.84 bits per heavy atom. The number of aromatic nitrogens is 5. The van der Waals surface area contributed by atoms with E-state index < -0.39 is 5.95 Å². The van der Waals surface area contributed by atoms with Gasteiger partial charge in [0.25, 0.3) is 0 Å². The Morgan fingerprint density at radius 2 is 2.03 bits per heavy atom. The van der Waals surface area contributed by atoms with Gasteiger partial charge in [-0.2, -0.15) is 9.49 Å². The highest BCUT2D eigenvalue weighted by atomic mass is 19.1. The van der Waals surface area contributed by atoms with Crippen LogP contribution in [0.15, 0.2) is 55.0 Å². The van der Waals surface area contributed by atoms with Crippen molar-refractivity contribution < 1.29 is 4.39 Å². The number of H-pyrrole nitrogens is 1. The van der Waals surface area contributed by atoms with Gasteiger partial charge < -0.3 is 5.32 Å². The molecule has 4 aromatic heterocycles. The second kappa shape index (κ2) is 8.15. The van der Waals surface area contributed by atoms with Crippen LogP contribution < -0.4 is 5.32 Å². The van der Waals surface area contributed by atoms with E-state index in [1.165, 1.54) is 17.5 Å². The summed E-state index contributed by atoms with van der Waals surface area (Å²) >= 11 is 0. The van der Waals surface area contributed by atoms with Crippen LogP contribution in [-0.2, 0) is 19.4 Å². The predicted molar refractivity (Wildman–Crippen MR) is 122 cm³/mol. The van der Waals surface area contributed by atoms with Gasteiger partial charge in [0.15, 0.2) is 0 Å². The molecule has 0 aromatic carbocycles. The number of halogens is 1. The molecular formula is C25H25FN6. The second-order valence-corrected chi connectivity index (χ2v) is 9.05. The molecule has 0 saturated carbocycles. The first-order chi connectivity index (χ1) is 15.5. The van der Waals surface area contributed by atoms with E-state index in [4.69, 9.17) is 0 Å². The Kier molecular flexibility index (Phi) is 5.17. The lowest BCUT2D eigenvalue weighted by molar-refractivity contribution is 0.312. The van der Waals surface area contributed by atoms with E-state index in [0.29, 0.717) is 23.6 Å². The summed E-state index contributed by atoms with van der Waals surface area (Å²) in [6.07, 6.45) is 8.03. The summed E-state index contributed by atoms with van der Waals surface area (Å²) in [4.78, 5) is 12.6. The molecule has 2 N–H and O–H groups in total. The molecule has 7 heteroatoms. The van der Waals surface area contributed by atoms with Crippen LogP contribution in [0.1, 0.15) is 37.1 Å². The van der Waals surface area contributed by atoms with Gasteiger partial charge in [0.2, 0.25) is 5.95 Å². The zero-order valence-corrected chi connectivity index (χ0v) is 18.2. The van der Waals surface area contributed by atoms with Crippen molar-refractivity contribution in [3.63, 3.8) is 0 Å². The number of nitrogens with one attached hydrogen (secondary N) is 2. The van der Waals surface area contributed by atoms with Crippen molar-refractivity contribution in [3.05, 3.63) is 77.8 Å². The molecule has 32 heavy (non-hydrogen) atoms. The van der Waals surface area contributed by atoms with Crippen molar-refractivity contribution in [2.75, 3.05) is 5.32 Å². The highest BCUT2D eigenvalue weighted by molar-refractivity contribution is 5.74. The SMILES string of the molecule is CC1(C)CCc2c(-c3cc(NCc4cccnc4)nc(-c4cccnc4F)c3)n[nH]c2C1. The largest absolute Gasteiger partial charge is 0.366 e. The van der Waals surface area contributed by atoms with Crippen LogP contribution in [-0.4, -0.2) is 25.1 Å². The molecule has 0 unspecified atom stereocenters. The maximum atomic E-state index is 14.5. The molecule has 4 aromatic rings. The van der Waals surface area contributed by atoms with Crippen molar-refractivity contribution in [3.8, 4) is 22.5 Å². The molecule has 162 valence electrons. The third kappa shape index (κ3) is 4.10. The average molecular weight is 429 g/mol. The topological polar surface area (TPSA) is 79.4 Å². The van der Waals surface area contributed by atoms with E-state index in [1.54, 1.807) is 18.3 Å². The maximum Gasteiger partial charge on any atom is 0.222 e. The predicted octanol–water partition coefficient (Wildman–Crippen LogP) is 5.19. The molecule has 0 saturated heterocycles. The van der Waals surface area contributed by atoms with E-state index in [0.717, 1.165) is 36.1 Å². The molecule has 1 aliphatic carbocycles. The Bertz CT molecular complexity index is 1250. The van der Waals surface area contributed by atoms with Crippen molar-refractivity contribution in [1.82, 2.24) is 25.1 Å². The van der Waals surface area contributed by atoms with Gasteiger partial charge in [0, 0.05) is 42.0 Å². The van der Waals surface area contributed by atoms with E-state index in [1.807, 2.05) is 30.5 Å². The first-order valence-electron chi connectivity index (χ1n) is 10.8. The summed E-state index contributed by atoms with van der Waals surface area (Å²) in [5, 5.41) is 11.2. The minimum Gasteiger partial charge on any atom is -0.366 e. The lowest BCUT2D eigenvalue weighted by atomic mass is 9.76. The Balaban J connectivity index is 1.56. The summed E-state index contributed by atoms with van der Waals surface area (Å²) in [5.41, 5.74) is 6.43. The fourth-order valence-electron chi connectivity index (χ4n) is 4.25. The first-order valence-corrected chi connectivity index (χ1v) is 10.8. The van der Waals surface area contributed by atoms with Crippen LogP contribution >= 0.6 is 0 Å². The van der Waals surface area contributed by atoms with E-state index >= 15 is 0 Å². The van der Waals surface area contributed by atoms with Gasteiger partial charge in [-0.25, -0.2) is 9.97 Å². The van der Waals surface area contributed by atoms with Gasteiger partial charge in [0.1, 0.15) is 5.82 Å². The molecule has 0 spiro atoms. The number of hydrogen-bond donors (Lipinski definition) is 2. The van der Waals surface area contributed by atoms with Gasteiger partial charge in [-0.15, -0.1) is 0 Å². The molecule has 0 radical (unpaired) electrons. The third-order valence-corrected chi connectivity index (χ3v) is 5.99. The fourth-order valence-corrected chi connectivity index (χ4v) is 4.25. The molecule has 6 nitrogen and oxygen atoms in total. The minimum atomic E-state index is -0.541. The minimum absolute atomic E-state index is 0.259. The van der Waals surface area contributed by atoms with Gasteiger partial charge in [-0.05, 0) is 60.6 Å². The van der Waals surface area contributed by atoms with E-state index in [2.05, 4.69) is 44.3 Å². The molecule has 0 fully saturated rings. The quantitative estimate of drug-likeness (QED) is 0.428. The van der Waals surface area contributed by atoms with Gasteiger partial charge >= 0.3 is 0 Å². The Labute approximate surface area is 186 Å². The van der Waals surface area contributed by atoms with Gasteiger partial charge in [0.05, 0.1) is 17.0 Å². The van der Waals surface area contributed by atoms with Crippen LogP contribution in [0.4, 0.5) is 10.2 Å². The van der Waals surface area contributed by atoms with Crippen molar-refractivity contribution >= 4 is 5.82 Å². The molecule has 0 atom stereocenters. The van der Waals surface area contributed by atoms with E-state index in [-0.39, 0.29) is 5.41 Å².